The summed E-state index contributed by atoms with van der Waals surface area (Å²) in [7, 11) is 0. The van der Waals surface area contributed by atoms with Crippen molar-refractivity contribution >= 4 is 11.8 Å². The smallest absolute Gasteiger partial charge is 0.336 e. The average Bonchev–Trinajstić information content (AvgIpc) is 2.00. The van der Waals surface area contributed by atoms with E-state index in [9.17, 15) is 14.7 Å². The van der Waals surface area contributed by atoms with E-state index in [1.807, 2.05) is 0 Å². The summed E-state index contributed by atoms with van der Waals surface area (Å²) in [6.45, 7) is 0. The summed E-state index contributed by atoms with van der Waals surface area (Å²) < 4.78 is 0. The Morgan fingerprint density at radius 1 is 1.46 bits per heavy atom. The minimum atomic E-state index is -2.24. The molecule has 1 rings (SSSR count). The lowest BCUT2D eigenvalue weighted by molar-refractivity contribution is -0.176. The van der Waals surface area contributed by atoms with Crippen LogP contribution in [0.5, 0.6) is 0 Å². The lowest BCUT2D eigenvalue weighted by atomic mass is 9.81. The maximum absolute atomic E-state index is 10.9. The molecular formula is C7H10O6. The van der Waals surface area contributed by atoms with Crippen molar-refractivity contribution in [3.8, 4) is 0 Å². The predicted molar refractivity (Wildman–Crippen MR) is 38.8 cm³/mol. The van der Waals surface area contributed by atoms with Crippen molar-refractivity contribution in [1.82, 2.24) is 0 Å². The third-order valence-electron chi connectivity index (χ3n) is 2.11. The van der Waals surface area contributed by atoms with Gasteiger partial charge in [0.15, 0.2) is 11.4 Å². The second-order valence-electron chi connectivity index (χ2n) is 3.20. The highest BCUT2D eigenvalue weighted by Gasteiger charge is 2.48. The number of carbonyl (C=O) groups excluding carboxylic acids is 1. The molecule has 0 heterocycles. The Labute approximate surface area is 73.4 Å². The second-order valence-corrected chi connectivity index (χ2v) is 3.20. The summed E-state index contributed by atoms with van der Waals surface area (Å²) in [6.07, 6.45) is -4.29. The summed E-state index contributed by atoms with van der Waals surface area (Å²) >= 11 is 0. The third-order valence-corrected chi connectivity index (χ3v) is 2.11. The average molecular weight is 190 g/mol. The molecule has 0 spiro atoms. The molecule has 0 amide bonds. The number of aliphatic hydroxyl groups excluding tert-OH is 2. The van der Waals surface area contributed by atoms with Crippen LogP contribution in [-0.2, 0) is 9.59 Å². The number of carboxylic acid groups (broad SMARTS) is 1. The molecule has 0 aromatic carbocycles. The van der Waals surface area contributed by atoms with Gasteiger partial charge in [0.2, 0.25) is 0 Å². The zero-order valence-electron chi connectivity index (χ0n) is 6.67. The number of carbonyl (C=O) groups is 2. The molecule has 0 aliphatic heterocycles. The molecule has 0 bridgehead atoms. The maximum Gasteiger partial charge on any atom is 0.336 e. The minimum absolute atomic E-state index is 0.532. The van der Waals surface area contributed by atoms with Crippen molar-refractivity contribution in [2.75, 3.05) is 0 Å². The molecule has 0 aromatic rings. The van der Waals surface area contributed by atoms with Crippen molar-refractivity contribution in [2.45, 2.75) is 30.7 Å². The van der Waals surface area contributed by atoms with Gasteiger partial charge >= 0.3 is 5.97 Å². The summed E-state index contributed by atoms with van der Waals surface area (Å²) in [5.74, 6) is -2.42. The van der Waals surface area contributed by atoms with Crippen molar-refractivity contribution < 1.29 is 30.0 Å². The second kappa shape index (κ2) is 3.06. The van der Waals surface area contributed by atoms with E-state index in [0.29, 0.717) is 0 Å². The quantitative estimate of drug-likeness (QED) is 0.376. The van der Waals surface area contributed by atoms with E-state index < -0.39 is 42.4 Å². The first kappa shape index (κ1) is 10.1. The highest BCUT2D eigenvalue weighted by atomic mass is 16.4. The first-order chi connectivity index (χ1) is 5.87. The number of aliphatic hydroxyl groups is 3. The van der Waals surface area contributed by atoms with Crippen LogP contribution in [0.4, 0.5) is 0 Å². The van der Waals surface area contributed by atoms with E-state index in [-0.39, 0.29) is 0 Å². The van der Waals surface area contributed by atoms with Gasteiger partial charge in [0.1, 0.15) is 6.10 Å². The summed E-state index contributed by atoms with van der Waals surface area (Å²) in [6, 6.07) is 0. The molecule has 1 aliphatic rings. The largest absolute Gasteiger partial charge is 0.479 e. The molecule has 13 heavy (non-hydrogen) atoms. The number of hydrogen-bond acceptors (Lipinski definition) is 5. The first-order valence-electron chi connectivity index (χ1n) is 3.71. The van der Waals surface area contributed by atoms with Crippen LogP contribution in [-0.4, -0.2) is 50.0 Å². The van der Waals surface area contributed by atoms with Crippen LogP contribution in [0.1, 0.15) is 12.8 Å². The highest BCUT2D eigenvalue weighted by Crippen LogP contribution is 2.26. The maximum atomic E-state index is 10.9. The predicted octanol–water partition coefficient (Wildman–Crippen LogP) is -2.11. The zero-order chi connectivity index (χ0) is 10.2. The Morgan fingerprint density at radius 3 is 2.38 bits per heavy atom. The van der Waals surface area contributed by atoms with E-state index in [2.05, 4.69) is 0 Å². The van der Waals surface area contributed by atoms with Crippen LogP contribution in [0.2, 0.25) is 0 Å². The Hall–Kier alpha value is -0.980. The van der Waals surface area contributed by atoms with Crippen molar-refractivity contribution in [3.05, 3.63) is 0 Å². The number of rotatable bonds is 1. The molecule has 1 saturated carbocycles. The van der Waals surface area contributed by atoms with Crippen LogP contribution in [0.3, 0.4) is 0 Å². The summed E-state index contributed by atoms with van der Waals surface area (Å²) in [5.41, 5.74) is -2.24. The van der Waals surface area contributed by atoms with Crippen LogP contribution in [0, 0.1) is 0 Å². The first-order valence-corrected chi connectivity index (χ1v) is 3.71. The topological polar surface area (TPSA) is 115 Å². The van der Waals surface area contributed by atoms with E-state index in [4.69, 9.17) is 15.3 Å². The van der Waals surface area contributed by atoms with Gasteiger partial charge in [-0.25, -0.2) is 4.79 Å². The van der Waals surface area contributed by atoms with Crippen LogP contribution in [0.15, 0.2) is 0 Å². The van der Waals surface area contributed by atoms with Crippen molar-refractivity contribution in [2.24, 2.45) is 0 Å². The number of ketones is 1. The highest BCUT2D eigenvalue weighted by molar-refractivity contribution is 5.92. The molecule has 1 fully saturated rings. The standard InChI is InChI=1S/C7H10O6/c8-3-1-7(13,6(11)12)2-4(9)5(3)10/h3,5,8,10,13H,1-2H2,(H,11,12)/t3-,5+,7+/m0/s1. The Morgan fingerprint density at radius 2 is 2.00 bits per heavy atom. The minimum Gasteiger partial charge on any atom is -0.479 e. The van der Waals surface area contributed by atoms with Crippen LogP contribution in [0.25, 0.3) is 0 Å². The fourth-order valence-electron chi connectivity index (χ4n) is 1.30. The normalized spacial score (nSPS) is 40.4. The third kappa shape index (κ3) is 1.69. The van der Waals surface area contributed by atoms with Gasteiger partial charge in [-0.1, -0.05) is 0 Å². The lowest BCUT2D eigenvalue weighted by Gasteiger charge is -2.32. The monoisotopic (exact) mass is 190 g/mol. The fourth-order valence-corrected chi connectivity index (χ4v) is 1.30. The van der Waals surface area contributed by atoms with Gasteiger partial charge in [-0.2, -0.15) is 0 Å². The molecular weight excluding hydrogens is 180 g/mol. The molecule has 6 heteroatoms. The molecule has 3 atom stereocenters. The van der Waals surface area contributed by atoms with Gasteiger partial charge in [-0.15, -0.1) is 0 Å². The van der Waals surface area contributed by atoms with E-state index >= 15 is 0 Å². The van der Waals surface area contributed by atoms with E-state index in [1.54, 1.807) is 0 Å². The van der Waals surface area contributed by atoms with Gasteiger partial charge in [0, 0.05) is 12.8 Å². The van der Waals surface area contributed by atoms with E-state index in [0.717, 1.165) is 0 Å². The number of Topliss-reactive ketones (excluding diaryl/α,β-unsaturated/α-hetero) is 1. The van der Waals surface area contributed by atoms with Gasteiger partial charge < -0.3 is 20.4 Å². The molecule has 1 aliphatic carbocycles. The number of hydrogen-bond donors (Lipinski definition) is 4. The van der Waals surface area contributed by atoms with Gasteiger partial charge in [-0.3, -0.25) is 4.79 Å². The Kier molecular flexibility index (Phi) is 2.38. The van der Waals surface area contributed by atoms with Gasteiger partial charge in [0.25, 0.3) is 0 Å². The summed E-state index contributed by atoms with van der Waals surface area (Å²) in [5, 5.41) is 35.8. The number of carboxylic acids is 1. The molecule has 0 saturated heterocycles. The Balaban J connectivity index is 2.85. The van der Waals surface area contributed by atoms with Crippen LogP contribution < -0.4 is 0 Å². The van der Waals surface area contributed by atoms with Gasteiger partial charge in [-0.05, 0) is 0 Å². The lowest BCUT2D eigenvalue weighted by Crippen LogP contribution is -2.54. The molecule has 4 N–H and O–H groups in total. The molecule has 74 valence electrons. The number of aliphatic carboxylic acids is 1. The molecule has 0 aromatic heterocycles. The van der Waals surface area contributed by atoms with Crippen molar-refractivity contribution in [3.63, 3.8) is 0 Å². The Bertz CT molecular complexity index is 249. The SMILES string of the molecule is O=C1C[C@@](O)(C(=O)O)C[C@H](O)[C@H]1O. The fraction of sp³-hybridized carbons (Fsp3) is 0.714. The van der Waals surface area contributed by atoms with Crippen LogP contribution >= 0.6 is 0 Å². The summed E-state index contributed by atoms with van der Waals surface area (Å²) in [4.78, 5) is 21.4. The zero-order valence-corrected chi connectivity index (χ0v) is 6.67. The molecule has 0 unspecified atom stereocenters. The van der Waals surface area contributed by atoms with Crippen molar-refractivity contribution in [1.29, 1.82) is 0 Å². The van der Waals surface area contributed by atoms with Gasteiger partial charge in [0.05, 0.1) is 6.10 Å². The molecule has 6 nitrogen and oxygen atoms in total. The molecule has 0 radical (unpaired) electrons. The van der Waals surface area contributed by atoms with E-state index in [1.165, 1.54) is 0 Å².